The Labute approximate surface area is 116 Å². The van der Waals surface area contributed by atoms with Gasteiger partial charge < -0.3 is 10.6 Å². The van der Waals surface area contributed by atoms with Crippen LogP contribution in [-0.2, 0) is 0 Å². The van der Waals surface area contributed by atoms with Crippen LogP contribution in [0.5, 0.6) is 0 Å². The van der Waals surface area contributed by atoms with Crippen LogP contribution < -0.4 is 5.73 Å². The smallest absolute Gasteiger partial charge is 0.255 e. The standard InChI is InChI=1S/C12H15BrN2O.ClH/c13-11-6-2-1-5-10(11)12(16)15-7-3-4-9(15)8-14;/h1-2,5-6,9H,3-4,7-8,14H2;1H. The molecule has 1 aliphatic heterocycles. The van der Waals surface area contributed by atoms with E-state index in [-0.39, 0.29) is 24.4 Å². The lowest BCUT2D eigenvalue weighted by molar-refractivity contribution is 0.0740. The third kappa shape index (κ3) is 3.00. The van der Waals surface area contributed by atoms with E-state index in [0.717, 1.165) is 29.4 Å². The highest BCUT2D eigenvalue weighted by Crippen LogP contribution is 2.23. The number of nitrogens with two attached hydrogens (primary N) is 1. The molecule has 1 amide bonds. The minimum Gasteiger partial charge on any atom is -0.334 e. The maximum atomic E-state index is 12.3. The minimum absolute atomic E-state index is 0. The van der Waals surface area contributed by atoms with Crippen molar-refractivity contribution in [3.05, 3.63) is 34.3 Å². The average molecular weight is 320 g/mol. The summed E-state index contributed by atoms with van der Waals surface area (Å²) in [6.45, 7) is 1.37. The second kappa shape index (κ2) is 6.38. The Kier molecular flexibility index (Phi) is 5.43. The number of halogens is 2. The number of likely N-dealkylation sites (tertiary alicyclic amines) is 1. The summed E-state index contributed by atoms with van der Waals surface area (Å²) in [7, 11) is 0. The molecule has 0 aliphatic carbocycles. The van der Waals surface area contributed by atoms with Crippen molar-refractivity contribution in [2.75, 3.05) is 13.1 Å². The number of carbonyl (C=O) groups is 1. The van der Waals surface area contributed by atoms with Gasteiger partial charge >= 0.3 is 0 Å². The van der Waals surface area contributed by atoms with Crippen LogP contribution in [0, 0.1) is 0 Å². The average Bonchev–Trinajstić information content (AvgIpc) is 2.77. The fourth-order valence-corrected chi connectivity index (χ4v) is 2.59. The lowest BCUT2D eigenvalue weighted by Crippen LogP contribution is -2.40. The normalized spacial score (nSPS) is 18.9. The highest BCUT2D eigenvalue weighted by atomic mass is 79.9. The van der Waals surface area contributed by atoms with Gasteiger partial charge in [0.2, 0.25) is 0 Å². The van der Waals surface area contributed by atoms with Crippen LogP contribution in [0.15, 0.2) is 28.7 Å². The van der Waals surface area contributed by atoms with E-state index in [4.69, 9.17) is 5.73 Å². The van der Waals surface area contributed by atoms with Gasteiger partial charge in [0, 0.05) is 23.6 Å². The summed E-state index contributed by atoms with van der Waals surface area (Å²) in [4.78, 5) is 14.2. The summed E-state index contributed by atoms with van der Waals surface area (Å²) in [6, 6.07) is 7.73. The molecule has 2 rings (SSSR count). The monoisotopic (exact) mass is 318 g/mol. The molecular weight excluding hydrogens is 304 g/mol. The topological polar surface area (TPSA) is 46.3 Å². The van der Waals surface area contributed by atoms with E-state index in [0.29, 0.717) is 6.54 Å². The van der Waals surface area contributed by atoms with E-state index in [9.17, 15) is 4.79 Å². The third-order valence-electron chi connectivity index (χ3n) is 3.01. The van der Waals surface area contributed by atoms with Crippen molar-refractivity contribution < 1.29 is 4.79 Å². The molecule has 1 unspecified atom stereocenters. The van der Waals surface area contributed by atoms with E-state index in [2.05, 4.69) is 15.9 Å². The second-order valence-corrected chi connectivity index (χ2v) is 4.86. The van der Waals surface area contributed by atoms with Gasteiger partial charge in [0.1, 0.15) is 0 Å². The zero-order chi connectivity index (χ0) is 11.5. The first kappa shape index (κ1) is 14.5. The van der Waals surface area contributed by atoms with Crippen molar-refractivity contribution in [1.29, 1.82) is 0 Å². The van der Waals surface area contributed by atoms with Crippen LogP contribution in [0.4, 0.5) is 0 Å². The van der Waals surface area contributed by atoms with Gasteiger partial charge in [0.05, 0.1) is 5.56 Å². The Morgan fingerprint density at radius 3 is 2.82 bits per heavy atom. The van der Waals surface area contributed by atoms with Crippen molar-refractivity contribution in [2.45, 2.75) is 18.9 Å². The predicted octanol–water partition coefficient (Wildman–Crippen LogP) is 2.43. The highest BCUT2D eigenvalue weighted by molar-refractivity contribution is 9.10. The molecule has 1 aromatic rings. The van der Waals surface area contributed by atoms with Gasteiger partial charge in [-0.3, -0.25) is 4.79 Å². The van der Waals surface area contributed by atoms with Crippen molar-refractivity contribution in [3.63, 3.8) is 0 Å². The molecule has 1 saturated heterocycles. The minimum atomic E-state index is 0. The van der Waals surface area contributed by atoms with Gasteiger partial charge in [-0.25, -0.2) is 0 Å². The lowest BCUT2D eigenvalue weighted by atomic mass is 10.1. The van der Waals surface area contributed by atoms with Gasteiger partial charge in [-0.1, -0.05) is 12.1 Å². The summed E-state index contributed by atoms with van der Waals surface area (Å²) in [5.41, 5.74) is 6.40. The largest absolute Gasteiger partial charge is 0.334 e. The number of benzene rings is 1. The molecule has 1 aliphatic rings. The van der Waals surface area contributed by atoms with E-state index in [1.54, 1.807) is 0 Å². The number of rotatable bonds is 2. The molecule has 0 bridgehead atoms. The quantitative estimate of drug-likeness (QED) is 0.910. The predicted molar refractivity (Wildman–Crippen MR) is 74.5 cm³/mol. The Morgan fingerprint density at radius 2 is 2.18 bits per heavy atom. The van der Waals surface area contributed by atoms with Crippen LogP contribution in [0.1, 0.15) is 23.2 Å². The summed E-state index contributed by atoms with van der Waals surface area (Å²) in [6.07, 6.45) is 2.07. The first-order valence-corrected chi connectivity index (χ1v) is 6.29. The van der Waals surface area contributed by atoms with Crippen LogP contribution in [0.25, 0.3) is 0 Å². The van der Waals surface area contributed by atoms with Crippen LogP contribution >= 0.6 is 28.3 Å². The summed E-state index contributed by atoms with van der Waals surface area (Å²) in [5.74, 6) is 0.0837. The van der Waals surface area contributed by atoms with Gasteiger partial charge in [0.25, 0.3) is 5.91 Å². The molecular formula is C12H16BrClN2O. The molecule has 1 atom stereocenters. The van der Waals surface area contributed by atoms with Crippen LogP contribution in [0.2, 0.25) is 0 Å². The molecule has 0 aromatic heterocycles. The van der Waals surface area contributed by atoms with Crippen LogP contribution in [-0.4, -0.2) is 29.9 Å². The summed E-state index contributed by atoms with van der Waals surface area (Å²) < 4.78 is 0.850. The molecule has 0 saturated carbocycles. The Balaban J connectivity index is 0.00000144. The first-order chi connectivity index (χ1) is 7.74. The molecule has 1 aromatic carbocycles. The number of nitrogens with zero attached hydrogens (tertiary/aromatic N) is 1. The molecule has 0 radical (unpaired) electrons. The van der Waals surface area contributed by atoms with E-state index in [1.807, 2.05) is 29.2 Å². The van der Waals surface area contributed by atoms with Gasteiger partial charge in [-0.15, -0.1) is 12.4 Å². The van der Waals surface area contributed by atoms with Crippen molar-refractivity contribution in [3.8, 4) is 0 Å². The van der Waals surface area contributed by atoms with Gasteiger partial charge in [-0.2, -0.15) is 0 Å². The first-order valence-electron chi connectivity index (χ1n) is 5.49. The van der Waals surface area contributed by atoms with E-state index in [1.165, 1.54) is 0 Å². The number of amides is 1. The van der Waals surface area contributed by atoms with E-state index >= 15 is 0 Å². The molecule has 17 heavy (non-hydrogen) atoms. The van der Waals surface area contributed by atoms with Gasteiger partial charge in [0.15, 0.2) is 0 Å². The molecule has 0 spiro atoms. The molecule has 94 valence electrons. The number of hydrogen-bond donors (Lipinski definition) is 1. The Hall–Kier alpha value is -0.580. The molecule has 1 heterocycles. The highest BCUT2D eigenvalue weighted by Gasteiger charge is 2.28. The fourth-order valence-electron chi connectivity index (χ4n) is 2.14. The molecule has 2 N–H and O–H groups in total. The van der Waals surface area contributed by atoms with Gasteiger partial charge in [-0.05, 0) is 40.9 Å². The maximum Gasteiger partial charge on any atom is 0.255 e. The molecule has 3 nitrogen and oxygen atoms in total. The number of hydrogen-bond acceptors (Lipinski definition) is 2. The zero-order valence-electron chi connectivity index (χ0n) is 9.43. The SMILES string of the molecule is Cl.NCC1CCCN1C(=O)c1ccccc1Br. The fraction of sp³-hybridized carbons (Fsp3) is 0.417. The Bertz CT molecular complexity index is 400. The van der Waals surface area contributed by atoms with E-state index < -0.39 is 0 Å². The van der Waals surface area contributed by atoms with Crippen molar-refractivity contribution in [1.82, 2.24) is 4.90 Å². The van der Waals surface area contributed by atoms with Crippen molar-refractivity contribution in [2.24, 2.45) is 5.73 Å². The lowest BCUT2D eigenvalue weighted by Gasteiger charge is -2.23. The maximum absolute atomic E-state index is 12.3. The summed E-state index contributed by atoms with van der Waals surface area (Å²) >= 11 is 3.41. The molecule has 1 fully saturated rings. The molecule has 5 heteroatoms. The number of carbonyl (C=O) groups excluding carboxylic acids is 1. The Morgan fingerprint density at radius 1 is 1.47 bits per heavy atom. The summed E-state index contributed by atoms with van der Waals surface area (Å²) in [5, 5.41) is 0. The zero-order valence-corrected chi connectivity index (χ0v) is 11.8. The second-order valence-electron chi connectivity index (χ2n) is 4.01. The van der Waals surface area contributed by atoms with Crippen molar-refractivity contribution >= 4 is 34.2 Å². The third-order valence-corrected chi connectivity index (χ3v) is 3.71. The van der Waals surface area contributed by atoms with Crippen LogP contribution in [0.3, 0.4) is 0 Å².